The van der Waals surface area contributed by atoms with Gasteiger partial charge in [-0.2, -0.15) is 0 Å². The monoisotopic (exact) mass is 108 g/mol. The fraction of sp³-hybridized carbons (Fsp3) is 1.00. The van der Waals surface area contributed by atoms with E-state index in [-0.39, 0.29) is 26.0 Å². The summed E-state index contributed by atoms with van der Waals surface area (Å²) in [4.78, 5) is 0. The lowest BCUT2D eigenvalue weighted by Crippen LogP contribution is -1.42. The number of rotatable bonds is 1. The van der Waals surface area contributed by atoms with Gasteiger partial charge in [-0.25, -0.2) is 4.57 Å². The molecule has 0 saturated heterocycles. The lowest BCUT2D eigenvalue weighted by atomic mass is 11.8. The quantitative estimate of drug-likeness (QED) is 0.339. The highest BCUT2D eigenvalue weighted by molar-refractivity contribution is 7.17. The molecule has 4 heteroatoms. The first kappa shape index (κ1) is 9.14. The summed E-state index contributed by atoms with van der Waals surface area (Å²) in [5.41, 5.74) is 0. The number of hydrogen-bond donors (Lipinski definition) is 0. The van der Waals surface area contributed by atoms with Gasteiger partial charge in [-0.15, -0.1) is 0 Å². The van der Waals surface area contributed by atoms with Crippen LogP contribution in [-0.4, -0.2) is 24.5 Å². The minimum Gasteiger partial charge on any atom is -0.298 e. The highest BCUT2D eigenvalue weighted by atomic mass is 31.1. The van der Waals surface area contributed by atoms with Crippen LogP contribution in [0.1, 0.15) is 0 Å². The Labute approximate surface area is 42.9 Å². The normalized spacial score (nSPS) is 6.60. The molecule has 0 spiro atoms. The molecule has 0 N–H and O–H groups in total. The fourth-order valence-electron chi connectivity index (χ4n) is 0. The smallest absolute Gasteiger partial charge is 0.298 e. The first-order valence-electron chi connectivity index (χ1n) is 0.773. The van der Waals surface area contributed by atoms with E-state index in [0.29, 0.717) is 0 Å². The average Bonchev–Trinajstić information content (AvgIpc) is 1.37. The van der Waals surface area contributed by atoms with Gasteiger partial charge in [-0.05, 0) is 0 Å². The Morgan fingerprint density at radius 3 is 2.00 bits per heavy atom. The summed E-state index contributed by atoms with van der Waals surface area (Å²) >= 11 is 0. The molecule has 0 aromatic carbocycles. The van der Waals surface area contributed by atoms with Crippen molar-refractivity contribution < 1.29 is 9.09 Å². The molecule has 0 unspecified atom stereocenters. The summed E-state index contributed by atoms with van der Waals surface area (Å²) in [6, 6.07) is 0. The van der Waals surface area contributed by atoms with E-state index in [1.165, 1.54) is 7.11 Å². The van der Waals surface area contributed by atoms with E-state index in [2.05, 4.69) is 4.52 Å². The van der Waals surface area contributed by atoms with Gasteiger partial charge in [0.15, 0.2) is 17.4 Å². The SMILES string of the molecule is COP=O.[AlH3]. The van der Waals surface area contributed by atoms with Crippen molar-refractivity contribution in [2.45, 2.75) is 0 Å². The zero-order valence-electron chi connectivity index (χ0n) is 2.26. The van der Waals surface area contributed by atoms with Gasteiger partial charge in [-0.1, -0.05) is 0 Å². The molecule has 2 nitrogen and oxygen atoms in total. The third-order valence-corrected chi connectivity index (χ3v) is 0.224. The van der Waals surface area contributed by atoms with Crippen molar-refractivity contribution >= 4 is 26.0 Å². The van der Waals surface area contributed by atoms with Crippen LogP contribution in [0.15, 0.2) is 0 Å². The molecule has 0 atom stereocenters. The van der Waals surface area contributed by atoms with Crippen LogP contribution >= 0.6 is 8.69 Å². The average molecular weight is 108 g/mol. The fourth-order valence-corrected chi connectivity index (χ4v) is 0. The highest BCUT2D eigenvalue weighted by Crippen LogP contribution is 1.83. The van der Waals surface area contributed by atoms with Crippen molar-refractivity contribution in [2.24, 2.45) is 0 Å². The molecule has 0 aromatic heterocycles. The first-order valence-corrected chi connectivity index (χ1v) is 1.50. The Kier molecular flexibility index (Phi) is 16.1. The van der Waals surface area contributed by atoms with Crippen molar-refractivity contribution in [3.8, 4) is 0 Å². The Morgan fingerprint density at radius 2 is 2.00 bits per heavy atom. The van der Waals surface area contributed by atoms with Crippen molar-refractivity contribution in [3.63, 3.8) is 0 Å². The highest BCUT2D eigenvalue weighted by Gasteiger charge is 1.51. The molecule has 5 heavy (non-hydrogen) atoms. The lowest BCUT2D eigenvalue weighted by molar-refractivity contribution is 0.433. The van der Waals surface area contributed by atoms with E-state index in [0.717, 1.165) is 0 Å². The largest absolute Gasteiger partial charge is 0.327 e. The maximum atomic E-state index is 9.05. The molecule has 0 fully saturated rings. The second kappa shape index (κ2) is 8.82. The van der Waals surface area contributed by atoms with Crippen LogP contribution in [0.5, 0.6) is 0 Å². The molecule has 0 aliphatic rings. The van der Waals surface area contributed by atoms with Gasteiger partial charge in [-0.3, -0.25) is 4.52 Å². The standard InChI is InChI=1S/CH3O2P.Al.3H/c1-3-4-2;;;;/h1H3;;;;. The van der Waals surface area contributed by atoms with E-state index in [1.807, 2.05) is 0 Å². The molecule has 0 amide bonds. The Hall–Kier alpha value is 0.592. The van der Waals surface area contributed by atoms with Crippen LogP contribution < -0.4 is 0 Å². The summed E-state index contributed by atoms with van der Waals surface area (Å²) in [6.45, 7) is 0. The van der Waals surface area contributed by atoms with Gasteiger partial charge in [0.1, 0.15) is 0 Å². The zero-order chi connectivity index (χ0) is 3.41. The topological polar surface area (TPSA) is 26.3 Å². The molecule has 30 valence electrons. The van der Waals surface area contributed by atoms with Gasteiger partial charge in [0.2, 0.25) is 0 Å². The van der Waals surface area contributed by atoms with E-state index >= 15 is 0 Å². The summed E-state index contributed by atoms with van der Waals surface area (Å²) in [7, 11) is 1.10. The molecule has 0 heterocycles. The Bertz CT molecular complexity index is 23.6. The predicted octanol–water partition coefficient (Wildman–Crippen LogP) is -0.344. The van der Waals surface area contributed by atoms with Gasteiger partial charge in [0, 0.05) is 7.11 Å². The van der Waals surface area contributed by atoms with Crippen LogP contribution in [-0.2, 0) is 9.09 Å². The van der Waals surface area contributed by atoms with Crippen molar-refractivity contribution in [1.29, 1.82) is 0 Å². The van der Waals surface area contributed by atoms with E-state index in [9.17, 15) is 0 Å². The molecular formula is CH6AlO2P. The molecule has 0 aliphatic carbocycles. The Morgan fingerprint density at radius 1 is 1.80 bits per heavy atom. The molecule has 0 aromatic rings. The first-order chi connectivity index (χ1) is 1.91. The summed E-state index contributed by atoms with van der Waals surface area (Å²) in [6.07, 6.45) is 0. The summed E-state index contributed by atoms with van der Waals surface area (Å²) in [5.74, 6) is 0. The molecule has 0 saturated carbocycles. The third kappa shape index (κ3) is 12.2. The molecular weight excluding hydrogens is 102 g/mol. The van der Waals surface area contributed by atoms with E-state index < -0.39 is 0 Å². The van der Waals surface area contributed by atoms with Crippen LogP contribution in [0.2, 0.25) is 0 Å². The maximum absolute atomic E-state index is 9.05. The maximum Gasteiger partial charge on any atom is 0.327 e. The van der Waals surface area contributed by atoms with Crippen LogP contribution in [0.4, 0.5) is 0 Å². The third-order valence-electron chi connectivity index (χ3n) is 0.0745. The summed E-state index contributed by atoms with van der Waals surface area (Å²) in [5, 5.41) is 0. The van der Waals surface area contributed by atoms with Crippen molar-refractivity contribution in [3.05, 3.63) is 0 Å². The second-order valence-electron chi connectivity index (χ2n) is 0.257. The van der Waals surface area contributed by atoms with Crippen molar-refractivity contribution in [2.75, 3.05) is 7.11 Å². The van der Waals surface area contributed by atoms with Crippen LogP contribution in [0.3, 0.4) is 0 Å². The molecule has 0 radical (unpaired) electrons. The zero-order valence-corrected chi connectivity index (χ0v) is 3.16. The second-order valence-corrected chi connectivity index (χ2v) is 0.771. The Balaban J connectivity index is 0. The predicted molar refractivity (Wildman–Crippen MR) is 24.6 cm³/mol. The minimum absolute atomic E-state index is 0. The minimum atomic E-state index is -0.252. The van der Waals surface area contributed by atoms with Gasteiger partial charge < -0.3 is 0 Å². The van der Waals surface area contributed by atoms with Gasteiger partial charge in [0.25, 0.3) is 0 Å². The van der Waals surface area contributed by atoms with E-state index in [4.69, 9.17) is 4.57 Å². The summed E-state index contributed by atoms with van der Waals surface area (Å²) < 4.78 is 13.0. The van der Waals surface area contributed by atoms with Gasteiger partial charge >= 0.3 is 8.69 Å². The van der Waals surface area contributed by atoms with Crippen LogP contribution in [0, 0.1) is 0 Å². The molecule has 0 aliphatic heterocycles. The lowest BCUT2D eigenvalue weighted by Gasteiger charge is -1.57. The van der Waals surface area contributed by atoms with Crippen LogP contribution in [0.25, 0.3) is 0 Å². The van der Waals surface area contributed by atoms with E-state index in [1.54, 1.807) is 0 Å². The van der Waals surface area contributed by atoms with Gasteiger partial charge in [0.05, 0.1) is 0 Å². The molecule has 0 rings (SSSR count). The van der Waals surface area contributed by atoms with Crippen molar-refractivity contribution in [1.82, 2.24) is 0 Å². The number of hydrogen-bond acceptors (Lipinski definition) is 2. The molecule has 0 bridgehead atoms.